The third-order valence-corrected chi connectivity index (χ3v) is 7.10. The first-order valence-corrected chi connectivity index (χ1v) is 12.0. The number of nitrogens with zero attached hydrogens (tertiary/aromatic N) is 3. The molecule has 2 atom stereocenters. The Morgan fingerprint density at radius 1 is 1.31 bits per heavy atom. The predicted molar refractivity (Wildman–Crippen MR) is 127 cm³/mol. The second-order valence-corrected chi connectivity index (χ2v) is 9.71. The number of ether oxygens (including phenoxy) is 1. The molecule has 2 aliphatic heterocycles. The van der Waals surface area contributed by atoms with Crippen LogP contribution in [0.2, 0.25) is 0 Å². The average molecular weight is 522 g/mol. The van der Waals surface area contributed by atoms with Gasteiger partial charge in [-0.15, -0.1) is 23.1 Å². The van der Waals surface area contributed by atoms with Gasteiger partial charge in [0, 0.05) is 16.7 Å². The van der Waals surface area contributed by atoms with E-state index in [2.05, 4.69) is 15.5 Å². The van der Waals surface area contributed by atoms with Crippen molar-refractivity contribution in [2.45, 2.75) is 31.4 Å². The molecule has 4 N–H and O–H groups in total. The van der Waals surface area contributed by atoms with Crippen molar-refractivity contribution in [3.05, 3.63) is 42.8 Å². The van der Waals surface area contributed by atoms with Crippen LogP contribution < -0.4 is 26.6 Å². The van der Waals surface area contributed by atoms with E-state index in [1.54, 1.807) is 13.8 Å². The molecule has 0 aliphatic carbocycles. The molecule has 2 aromatic rings. The number of carbonyl (C=O) groups excluding carboxylic acids is 2. The number of carbonyl (C=O) groups is 3. The summed E-state index contributed by atoms with van der Waals surface area (Å²) in [6.07, 6.45) is -0.420. The highest BCUT2D eigenvalue weighted by Crippen LogP contribution is 2.44. The van der Waals surface area contributed by atoms with Crippen LogP contribution in [0.25, 0.3) is 5.57 Å². The van der Waals surface area contributed by atoms with Crippen molar-refractivity contribution in [3.8, 4) is 5.75 Å². The van der Waals surface area contributed by atoms with E-state index >= 15 is 0 Å². The number of carboxylic acids is 1. The molecule has 184 valence electrons. The molecule has 2 amide bonds. The number of aromatic nitrogens is 1. The van der Waals surface area contributed by atoms with Crippen molar-refractivity contribution in [1.29, 1.82) is 0 Å². The Bertz CT molecular complexity index is 1370. The molecule has 3 heterocycles. The van der Waals surface area contributed by atoms with Gasteiger partial charge in [0.15, 0.2) is 16.6 Å². The van der Waals surface area contributed by atoms with Gasteiger partial charge in [-0.3, -0.25) is 24.1 Å². The van der Waals surface area contributed by atoms with Crippen molar-refractivity contribution < 1.29 is 29.1 Å². The fourth-order valence-corrected chi connectivity index (χ4v) is 5.61. The first-order valence-electron chi connectivity index (χ1n) is 10.1. The van der Waals surface area contributed by atoms with Crippen LogP contribution in [0.3, 0.4) is 0 Å². The van der Waals surface area contributed by atoms with E-state index in [0.717, 1.165) is 28.0 Å². The Morgan fingerprint density at radius 2 is 2.03 bits per heavy atom. The summed E-state index contributed by atoms with van der Waals surface area (Å²) in [5, 5.41) is 17.0. The molecular weight excluding hydrogens is 502 g/mol. The number of carboxylic acid groups (broad SMARTS) is 1. The summed E-state index contributed by atoms with van der Waals surface area (Å²) in [6, 6.07) is -1.07. The summed E-state index contributed by atoms with van der Waals surface area (Å²) < 4.78 is 5.41. The van der Waals surface area contributed by atoms with Crippen LogP contribution in [-0.2, 0) is 19.2 Å². The fourth-order valence-electron chi connectivity index (χ4n) is 3.71. The smallest absolute Gasteiger partial charge is 0.352 e. The largest absolute Gasteiger partial charge is 0.486 e. The molecule has 4 rings (SSSR count). The molecule has 0 bridgehead atoms. The second kappa shape index (κ2) is 9.14. The van der Waals surface area contributed by atoms with E-state index < -0.39 is 51.9 Å². The molecule has 2 aliphatic rings. The molecular formula is C20H19N5O8S2. The van der Waals surface area contributed by atoms with Crippen molar-refractivity contribution >= 4 is 57.3 Å². The van der Waals surface area contributed by atoms with Crippen molar-refractivity contribution in [3.63, 3.8) is 0 Å². The minimum atomic E-state index is -1.45. The van der Waals surface area contributed by atoms with Gasteiger partial charge in [0.2, 0.25) is 5.43 Å². The van der Waals surface area contributed by atoms with Gasteiger partial charge in [-0.05, 0) is 13.8 Å². The van der Waals surface area contributed by atoms with E-state index in [1.165, 1.54) is 12.5 Å². The number of amides is 2. The molecule has 0 radical (unpaired) electrons. The first kappa shape index (κ1) is 24.4. The highest BCUT2D eigenvalue weighted by molar-refractivity contribution is 8.00. The van der Waals surface area contributed by atoms with Crippen LogP contribution in [0.4, 0.5) is 5.13 Å². The number of fused-ring (bicyclic) bond motifs is 1. The molecule has 1 fully saturated rings. The van der Waals surface area contributed by atoms with Crippen LogP contribution in [-0.4, -0.2) is 68.9 Å². The summed E-state index contributed by atoms with van der Waals surface area (Å²) in [5.41, 5.74) is 3.31. The molecule has 1 aromatic heterocycles. The Hall–Kier alpha value is -3.72. The first-order chi connectivity index (χ1) is 16.6. The number of aliphatic carboxylic acids is 1. The number of anilines is 1. The quantitative estimate of drug-likeness (QED) is 0.173. The maximum Gasteiger partial charge on any atom is 0.352 e. The number of thiazole rings is 1. The number of rotatable bonds is 8. The van der Waals surface area contributed by atoms with Crippen molar-refractivity contribution in [1.82, 2.24) is 15.2 Å². The zero-order chi connectivity index (χ0) is 25.6. The molecule has 0 saturated carbocycles. The minimum absolute atomic E-state index is 0.00337. The number of hydrogen-bond acceptors (Lipinski definition) is 12. The lowest BCUT2D eigenvalue weighted by Gasteiger charge is -2.49. The van der Waals surface area contributed by atoms with E-state index in [4.69, 9.17) is 15.3 Å². The van der Waals surface area contributed by atoms with Gasteiger partial charge in [0.25, 0.3) is 17.2 Å². The van der Waals surface area contributed by atoms with Gasteiger partial charge in [-0.25, -0.2) is 9.78 Å². The highest BCUT2D eigenvalue weighted by atomic mass is 32.2. The van der Waals surface area contributed by atoms with Gasteiger partial charge >= 0.3 is 5.97 Å². The van der Waals surface area contributed by atoms with Gasteiger partial charge in [-0.1, -0.05) is 5.16 Å². The number of nitrogens with one attached hydrogen (secondary N) is 1. The van der Waals surface area contributed by atoms with Gasteiger partial charge in [0.05, 0.1) is 11.7 Å². The van der Waals surface area contributed by atoms with E-state index in [-0.39, 0.29) is 39.2 Å². The summed E-state index contributed by atoms with van der Waals surface area (Å²) in [4.78, 5) is 71.8. The van der Waals surface area contributed by atoms with Gasteiger partial charge < -0.3 is 25.7 Å². The molecule has 0 spiro atoms. The van der Waals surface area contributed by atoms with Crippen LogP contribution in [0.15, 0.2) is 25.8 Å². The number of oxime groups is 1. The molecule has 35 heavy (non-hydrogen) atoms. The summed E-state index contributed by atoms with van der Waals surface area (Å²) in [5.74, 6) is -3.13. The second-order valence-electron chi connectivity index (χ2n) is 7.72. The summed E-state index contributed by atoms with van der Waals surface area (Å²) >= 11 is 2.22. The van der Waals surface area contributed by atoms with Crippen LogP contribution in [0.5, 0.6) is 5.75 Å². The number of hydrogen-bond donors (Lipinski definition) is 3. The predicted octanol–water partition coefficient (Wildman–Crippen LogP) is -0.645. The Labute approximate surface area is 205 Å². The monoisotopic (exact) mass is 521 g/mol. The number of thioether (sulfide) groups is 1. The zero-order valence-corrected chi connectivity index (χ0v) is 20.2. The highest BCUT2D eigenvalue weighted by Gasteiger charge is 2.55. The molecule has 1 saturated heterocycles. The maximum absolute atomic E-state index is 12.9. The van der Waals surface area contributed by atoms with E-state index in [1.807, 2.05) is 0 Å². The number of nitrogen functional groups attached to an aromatic ring is 1. The Kier molecular flexibility index (Phi) is 6.38. The molecule has 13 nitrogen and oxygen atoms in total. The van der Waals surface area contributed by atoms with Crippen LogP contribution >= 0.6 is 23.1 Å². The lowest BCUT2D eigenvalue weighted by atomic mass is 9.95. The van der Waals surface area contributed by atoms with Crippen molar-refractivity contribution in [2.75, 3.05) is 18.6 Å². The minimum Gasteiger partial charge on any atom is -0.486 e. The number of nitrogens with two attached hydrogens (primary N) is 1. The van der Waals surface area contributed by atoms with E-state index in [9.17, 15) is 29.1 Å². The standard InChI is InChI=1S/C20H19N5O8S2/c1-6(2)33-15-9(13(26)14(15)27)7-4-34-18-11(17(29)25(18)12(7)19(30)31)23-16(28)10(24-32-3)8-5-35-20(21)22-8/h5-6,11,18H,4H2,1-3H3,(H2,21,22)(H,23,28)(H,30,31)/b24-10-. The third-order valence-electron chi connectivity index (χ3n) is 5.14. The van der Waals surface area contributed by atoms with Gasteiger partial charge in [-0.2, -0.15) is 0 Å². The molecule has 15 heteroatoms. The third kappa shape index (κ3) is 4.05. The molecule has 2 unspecified atom stereocenters. The maximum atomic E-state index is 12.9. The van der Waals surface area contributed by atoms with E-state index in [0.29, 0.717) is 0 Å². The normalized spacial score (nSPS) is 20.1. The lowest BCUT2D eigenvalue weighted by Crippen LogP contribution is -2.71. The lowest BCUT2D eigenvalue weighted by molar-refractivity contribution is -0.149. The van der Waals surface area contributed by atoms with Crippen LogP contribution in [0, 0.1) is 0 Å². The average Bonchev–Trinajstić information content (AvgIpc) is 3.24. The van der Waals surface area contributed by atoms with Crippen LogP contribution in [0.1, 0.15) is 25.1 Å². The number of β-lactam (4-membered cyclic amide) rings is 1. The summed E-state index contributed by atoms with van der Waals surface area (Å²) in [7, 11) is 1.24. The topological polar surface area (TPSA) is 191 Å². The molecule has 1 aromatic carbocycles. The summed E-state index contributed by atoms with van der Waals surface area (Å²) in [6.45, 7) is 3.32. The zero-order valence-electron chi connectivity index (χ0n) is 18.6. The fraction of sp³-hybridized carbons (Fsp3) is 0.350. The SMILES string of the molecule is CO/N=C(\C(=O)NC1C(=O)N2C(C(=O)O)=C(c3c(OC(C)C)c(=O)c3=O)CSC12)c1csc(N)n1. The van der Waals surface area contributed by atoms with Crippen molar-refractivity contribution in [2.24, 2.45) is 5.16 Å². The Morgan fingerprint density at radius 3 is 2.60 bits per heavy atom. The Balaban J connectivity index is 1.62. The van der Waals surface area contributed by atoms with Gasteiger partial charge in [0.1, 0.15) is 29.9 Å².